The van der Waals surface area contributed by atoms with Crippen molar-refractivity contribution < 1.29 is 9.90 Å². The fraction of sp³-hybridized carbons (Fsp3) is 0.583. The first-order valence-corrected chi connectivity index (χ1v) is 5.90. The topological polar surface area (TPSA) is 66.3 Å². The van der Waals surface area contributed by atoms with Crippen LogP contribution in [0, 0.1) is 11.8 Å². The van der Waals surface area contributed by atoms with Crippen molar-refractivity contribution in [3.63, 3.8) is 0 Å². The lowest BCUT2D eigenvalue weighted by atomic mass is 9.89. The summed E-state index contributed by atoms with van der Waals surface area (Å²) in [5, 5.41) is 16.4. The number of aromatic nitrogens is 2. The molecule has 1 fully saturated rings. The molecule has 5 nitrogen and oxygen atoms in total. The highest BCUT2D eigenvalue weighted by molar-refractivity contribution is 5.85. The molecule has 2 rings (SSSR count). The predicted molar refractivity (Wildman–Crippen MR) is 64.1 cm³/mol. The highest BCUT2D eigenvalue weighted by atomic mass is 16.4. The molecule has 1 aromatic rings. The zero-order valence-electron chi connectivity index (χ0n) is 10.1. The van der Waals surface area contributed by atoms with Crippen LogP contribution in [0.1, 0.15) is 30.8 Å². The molecule has 2 heterocycles. The van der Waals surface area contributed by atoms with Gasteiger partial charge in [-0.05, 0) is 30.4 Å². The van der Waals surface area contributed by atoms with Crippen LogP contribution in [-0.4, -0.2) is 34.4 Å². The number of aromatic carboxylic acids is 1. The van der Waals surface area contributed by atoms with Crippen LogP contribution in [0.5, 0.6) is 0 Å². The third-order valence-corrected chi connectivity index (χ3v) is 3.53. The van der Waals surface area contributed by atoms with E-state index in [0.717, 1.165) is 31.2 Å². The molecule has 92 valence electrons. The van der Waals surface area contributed by atoms with E-state index >= 15 is 0 Å². The molecule has 0 spiro atoms. The van der Waals surface area contributed by atoms with Gasteiger partial charge in [-0.25, -0.2) is 4.79 Å². The van der Waals surface area contributed by atoms with Crippen molar-refractivity contribution >= 4 is 11.8 Å². The van der Waals surface area contributed by atoms with E-state index in [1.165, 1.54) is 6.07 Å². The van der Waals surface area contributed by atoms with Gasteiger partial charge in [0.25, 0.3) is 0 Å². The molecule has 17 heavy (non-hydrogen) atoms. The lowest BCUT2D eigenvalue weighted by Gasteiger charge is -2.35. The molecule has 5 heteroatoms. The minimum absolute atomic E-state index is 0.00724. The van der Waals surface area contributed by atoms with Crippen molar-refractivity contribution in [2.75, 3.05) is 18.0 Å². The summed E-state index contributed by atoms with van der Waals surface area (Å²) >= 11 is 0. The lowest BCUT2D eigenvalue weighted by Crippen LogP contribution is -2.39. The number of anilines is 1. The van der Waals surface area contributed by atoms with Gasteiger partial charge in [0.1, 0.15) is 0 Å². The number of carbonyl (C=O) groups is 1. The van der Waals surface area contributed by atoms with Crippen LogP contribution in [0.2, 0.25) is 0 Å². The second-order valence-electron chi connectivity index (χ2n) is 4.77. The average molecular weight is 235 g/mol. The van der Waals surface area contributed by atoms with Crippen molar-refractivity contribution in [2.24, 2.45) is 11.8 Å². The van der Waals surface area contributed by atoms with Gasteiger partial charge in [0.05, 0.1) is 0 Å². The molecule has 1 aliphatic heterocycles. The van der Waals surface area contributed by atoms with Gasteiger partial charge in [-0.1, -0.05) is 13.8 Å². The van der Waals surface area contributed by atoms with E-state index < -0.39 is 5.97 Å². The van der Waals surface area contributed by atoms with E-state index in [1.54, 1.807) is 6.07 Å². The normalized spacial score (nSPS) is 24.7. The molecule has 0 bridgehead atoms. The molecule has 0 amide bonds. The fourth-order valence-electron chi connectivity index (χ4n) is 2.08. The summed E-state index contributed by atoms with van der Waals surface area (Å²) in [6.45, 7) is 6.42. The van der Waals surface area contributed by atoms with E-state index in [2.05, 4.69) is 28.9 Å². The summed E-state index contributed by atoms with van der Waals surface area (Å²) in [5.41, 5.74) is -0.00724. The molecule has 1 saturated heterocycles. The Labute approximate surface area is 100 Å². The van der Waals surface area contributed by atoms with Crippen LogP contribution < -0.4 is 4.90 Å². The maximum absolute atomic E-state index is 10.7. The minimum atomic E-state index is -1.04. The summed E-state index contributed by atoms with van der Waals surface area (Å²) in [6.07, 6.45) is 1.14. The largest absolute Gasteiger partial charge is 0.476 e. The fourth-order valence-corrected chi connectivity index (χ4v) is 2.08. The molecule has 2 atom stereocenters. The Balaban J connectivity index is 2.10. The monoisotopic (exact) mass is 235 g/mol. The van der Waals surface area contributed by atoms with Gasteiger partial charge >= 0.3 is 5.97 Å². The molecular weight excluding hydrogens is 218 g/mol. The first-order valence-electron chi connectivity index (χ1n) is 5.90. The van der Waals surface area contributed by atoms with Crippen molar-refractivity contribution in [3.8, 4) is 0 Å². The maximum Gasteiger partial charge on any atom is 0.356 e. The first-order chi connectivity index (χ1) is 8.08. The summed E-state index contributed by atoms with van der Waals surface area (Å²) in [7, 11) is 0. The molecule has 2 unspecified atom stereocenters. The zero-order chi connectivity index (χ0) is 12.4. The SMILES string of the molecule is CC1CCN(c2ccc(C(=O)O)nn2)CC1C. The zero-order valence-corrected chi connectivity index (χ0v) is 10.1. The minimum Gasteiger partial charge on any atom is -0.476 e. The second kappa shape index (κ2) is 4.69. The Hall–Kier alpha value is -1.65. The standard InChI is InChI=1S/C12H17N3O2/c1-8-5-6-15(7-9(8)2)11-4-3-10(12(16)17)13-14-11/h3-4,8-9H,5-7H2,1-2H3,(H,16,17). The maximum atomic E-state index is 10.7. The summed E-state index contributed by atoms with van der Waals surface area (Å²) < 4.78 is 0. The van der Waals surface area contributed by atoms with E-state index in [1.807, 2.05) is 0 Å². The quantitative estimate of drug-likeness (QED) is 0.844. The van der Waals surface area contributed by atoms with E-state index in [-0.39, 0.29) is 5.69 Å². The Morgan fingerprint density at radius 1 is 1.35 bits per heavy atom. The lowest BCUT2D eigenvalue weighted by molar-refractivity contribution is 0.0689. The number of rotatable bonds is 2. The van der Waals surface area contributed by atoms with Gasteiger partial charge in [-0.3, -0.25) is 0 Å². The summed E-state index contributed by atoms with van der Waals surface area (Å²) in [4.78, 5) is 12.8. The average Bonchev–Trinajstić information content (AvgIpc) is 2.33. The molecule has 0 saturated carbocycles. The Morgan fingerprint density at radius 2 is 2.12 bits per heavy atom. The number of nitrogens with zero attached hydrogens (tertiary/aromatic N) is 3. The third-order valence-electron chi connectivity index (χ3n) is 3.53. The number of piperidine rings is 1. The first kappa shape index (κ1) is 11.8. The number of carboxylic acid groups (broad SMARTS) is 1. The van der Waals surface area contributed by atoms with Gasteiger partial charge in [-0.15, -0.1) is 10.2 Å². The van der Waals surface area contributed by atoms with Crippen LogP contribution in [-0.2, 0) is 0 Å². The van der Waals surface area contributed by atoms with Gasteiger partial charge in [0.2, 0.25) is 0 Å². The molecular formula is C12H17N3O2. The van der Waals surface area contributed by atoms with Gasteiger partial charge in [0, 0.05) is 13.1 Å². The van der Waals surface area contributed by atoms with E-state index in [9.17, 15) is 4.79 Å². The summed E-state index contributed by atoms with van der Waals surface area (Å²) in [6, 6.07) is 3.24. The van der Waals surface area contributed by atoms with Crippen molar-refractivity contribution in [3.05, 3.63) is 17.8 Å². The highest BCUT2D eigenvalue weighted by Gasteiger charge is 2.23. The Bertz CT molecular complexity index is 405. The van der Waals surface area contributed by atoms with Crippen LogP contribution in [0.4, 0.5) is 5.82 Å². The molecule has 0 aliphatic carbocycles. The highest BCUT2D eigenvalue weighted by Crippen LogP contribution is 2.25. The molecule has 1 aliphatic rings. The van der Waals surface area contributed by atoms with Crippen LogP contribution in [0.25, 0.3) is 0 Å². The molecule has 0 aromatic carbocycles. The van der Waals surface area contributed by atoms with E-state index in [4.69, 9.17) is 5.11 Å². The predicted octanol–water partition coefficient (Wildman–Crippen LogP) is 1.66. The number of hydrogen-bond donors (Lipinski definition) is 1. The third kappa shape index (κ3) is 2.54. The second-order valence-corrected chi connectivity index (χ2v) is 4.77. The van der Waals surface area contributed by atoms with Crippen LogP contribution >= 0.6 is 0 Å². The molecule has 0 radical (unpaired) electrons. The summed E-state index contributed by atoms with van der Waals surface area (Å²) in [5.74, 6) is 1.10. The number of hydrogen-bond acceptors (Lipinski definition) is 4. The molecule has 1 N–H and O–H groups in total. The van der Waals surface area contributed by atoms with Gasteiger partial charge < -0.3 is 10.0 Å². The van der Waals surface area contributed by atoms with Gasteiger partial charge in [-0.2, -0.15) is 0 Å². The van der Waals surface area contributed by atoms with E-state index in [0.29, 0.717) is 5.92 Å². The van der Waals surface area contributed by atoms with Crippen molar-refractivity contribution in [1.29, 1.82) is 0 Å². The van der Waals surface area contributed by atoms with Crippen LogP contribution in [0.15, 0.2) is 12.1 Å². The van der Waals surface area contributed by atoms with Crippen molar-refractivity contribution in [1.82, 2.24) is 10.2 Å². The van der Waals surface area contributed by atoms with Crippen LogP contribution in [0.3, 0.4) is 0 Å². The molecule has 1 aromatic heterocycles. The number of carboxylic acids is 1. The Kier molecular flexibility index (Phi) is 3.26. The Morgan fingerprint density at radius 3 is 2.65 bits per heavy atom. The van der Waals surface area contributed by atoms with Crippen molar-refractivity contribution in [2.45, 2.75) is 20.3 Å². The smallest absolute Gasteiger partial charge is 0.356 e. The van der Waals surface area contributed by atoms with Gasteiger partial charge in [0.15, 0.2) is 11.5 Å².